The minimum atomic E-state index is -0.340. The van der Waals surface area contributed by atoms with Crippen molar-refractivity contribution in [3.8, 4) is 11.5 Å². The molecule has 47 heavy (non-hydrogen) atoms. The van der Waals surface area contributed by atoms with Crippen LogP contribution in [0.15, 0.2) is 42.7 Å². The number of carbonyl (C=O) groups is 1. The molecule has 0 radical (unpaired) electrons. The van der Waals surface area contributed by atoms with Crippen molar-refractivity contribution in [2.75, 3.05) is 31.5 Å². The summed E-state index contributed by atoms with van der Waals surface area (Å²) in [5.74, 6) is 1.43. The molecular formula is C35H41FN6O5. The van der Waals surface area contributed by atoms with Crippen LogP contribution in [0.2, 0.25) is 0 Å². The highest BCUT2D eigenvalue weighted by Gasteiger charge is 2.35. The number of aromatic nitrogens is 3. The normalized spacial score (nSPS) is 24.0. The number of imidazole rings is 1. The molecule has 1 unspecified atom stereocenters. The molecule has 4 heterocycles. The van der Waals surface area contributed by atoms with Gasteiger partial charge in [0.25, 0.3) is 0 Å². The monoisotopic (exact) mass is 644 g/mol. The van der Waals surface area contributed by atoms with Crippen molar-refractivity contribution in [3.63, 3.8) is 0 Å². The fourth-order valence-electron chi connectivity index (χ4n) is 7.04. The Balaban J connectivity index is 1.33. The van der Waals surface area contributed by atoms with Crippen LogP contribution in [0, 0.1) is 5.82 Å². The second-order valence-corrected chi connectivity index (χ2v) is 12.9. The van der Waals surface area contributed by atoms with E-state index in [0.29, 0.717) is 58.6 Å². The van der Waals surface area contributed by atoms with Crippen LogP contribution in [-0.4, -0.2) is 66.2 Å². The number of nitrogens with zero attached hydrogens (tertiary/aromatic N) is 4. The van der Waals surface area contributed by atoms with E-state index in [1.165, 1.54) is 10.9 Å². The second kappa shape index (κ2) is 12.6. The highest BCUT2D eigenvalue weighted by molar-refractivity contribution is 5.95. The van der Waals surface area contributed by atoms with Crippen molar-refractivity contribution < 1.29 is 28.1 Å². The Labute approximate surface area is 273 Å². The van der Waals surface area contributed by atoms with E-state index in [2.05, 4.69) is 15.6 Å². The molecule has 1 saturated carbocycles. The van der Waals surface area contributed by atoms with E-state index in [9.17, 15) is 4.79 Å². The Morgan fingerprint density at radius 2 is 1.89 bits per heavy atom. The third-order valence-corrected chi connectivity index (χ3v) is 9.56. The third kappa shape index (κ3) is 6.07. The zero-order chi connectivity index (χ0) is 32.8. The van der Waals surface area contributed by atoms with Gasteiger partial charge in [-0.2, -0.15) is 0 Å². The van der Waals surface area contributed by atoms with Crippen molar-refractivity contribution in [3.05, 3.63) is 65.2 Å². The molecule has 2 aliphatic heterocycles. The van der Waals surface area contributed by atoms with E-state index in [1.807, 2.05) is 56.1 Å². The highest BCUT2D eigenvalue weighted by atomic mass is 19.1. The van der Waals surface area contributed by atoms with Gasteiger partial charge in [-0.15, -0.1) is 0 Å². The molecule has 4 aromatic rings. The number of carbonyl (C=O) groups excluding carboxylic acids is 1. The van der Waals surface area contributed by atoms with Gasteiger partial charge in [0.1, 0.15) is 35.0 Å². The van der Waals surface area contributed by atoms with Crippen LogP contribution in [0.5, 0.6) is 11.5 Å². The van der Waals surface area contributed by atoms with Crippen LogP contribution in [-0.2, 0) is 22.6 Å². The number of rotatable bonds is 6. The number of ether oxygens (including phenoxy) is 4. The predicted molar refractivity (Wildman–Crippen MR) is 176 cm³/mol. The molecule has 12 heteroatoms. The maximum atomic E-state index is 16.5. The van der Waals surface area contributed by atoms with Gasteiger partial charge in [-0.1, -0.05) is 6.07 Å². The summed E-state index contributed by atoms with van der Waals surface area (Å²) in [6.07, 6.45) is 4.49. The lowest BCUT2D eigenvalue weighted by Gasteiger charge is -2.37. The van der Waals surface area contributed by atoms with Crippen molar-refractivity contribution >= 4 is 34.4 Å². The molecule has 0 spiro atoms. The lowest BCUT2D eigenvalue weighted by Crippen LogP contribution is -2.52. The first-order valence-electron chi connectivity index (χ1n) is 16.2. The Hall–Kier alpha value is -4.42. The molecule has 248 valence electrons. The molecule has 2 aromatic heterocycles. The topological polar surface area (TPSA) is 112 Å². The van der Waals surface area contributed by atoms with E-state index in [4.69, 9.17) is 23.9 Å². The number of benzene rings is 2. The summed E-state index contributed by atoms with van der Waals surface area (Å²) in [4.78, 5) is 25.0. The van der Waals surface area contributed by atoms with Gasteiger partial charge >= 0.3 is 6.03 Å². The molecule has 2 fully saturated rings. The Kier molecular flexibility index (Phi) is 8.39. The molecule has 7 rings (SSSR count). The fraction of sp³-hybridized carbons (Fsp3) is 0.457. The van der Waals surface area contributed by atoms with Crippen LogP contribution in [0.4, 0.5) is 26.4 Å². The SMILES string of the molecule is COc1ccc(CN(C)c2cc3nc4c2ncn4C(=O)N[C@@H]2CC[C@H]2OCc2cc(c(F)c(C4C[C@@H](C)O[C@@H](C)C4)c2)N3)c(OC)c1. The summed E-state index contributed by atoms with van der Waals surface area (Å²) in [7, 11) is 5.17. The largest absolute Gasteiger partial charge is 0.497 e. The summed E-state index contributed by atoms with van der Waals surface area (Å²) < 4.78 is 41.2. The van der Waals surface area contributed by atoms with Gasteiger partial charge in [0.05, 0.1) is 56.6 Å². The quantitative estimate of drug-likeness (QED) is 0.251. The first-order chi connectivity index (χ1) is 22.7. The molecule has 2 aromatic carbocycles. The number of amides is 1. The van der Waals surface area contributed by atoms with Crippen LogP contribution in [0.25, 0.3) is 11.2 Å². The number of methoxy groups -OCH3 is 2. The Morgan fingerprint density at radius 1 is 1.09 bits per heavy atom. The van der Waals surface area contributed by atoms with Gasteiger partial charge < -0.3 is 34.5 Å². The van der Waals surface area contributed by atoms with Crippen molar-refractivity contribution in [1.82, 2.24) is 19.9 Å². The summed E-state index contributed by atoms with van der Waals surface area (Å²) in [5, 5.41) is 6.39. The maximum absolute atomic E-state index is 16.5. The van der Waals surface area contributed by atoms with Crippen LogP contribution in [0.1, 0.15) is 62.1 Å². The number of halogens is 1. The van der Waals surface area contributed by atoms with E-state index >= 15 is 4.39 Å². The minimum absolute atomic E-state index is 0.00177. The van der Waals surface area contributed by atoms with Gasteiger partial charge in [-0.3, -0.25) is 0 Å². The fourth-order valence-corrected chi connectivity index (χ4v) is 7.04. The average Bonchev–Trinajstić information content (AvgIpc) is 3.47. The molecule has 1 saturated heterocycles. The van der Waals surface area contributed by atoms with Crippen molar-refractivity contribution in [2.45, 2.75) is 83.0 Å². The smallest absolute Gasteiger partial charge is 0.328 e. The zero-order valence-electron chi connectivity index (χ0n) is 27.4. The third-order valence-electron chi connectivity index (χ3n) is 9.56. The van der Waals surface area contributed by atoms with Crippen LogP contribution < -0.4 is 25.0 Å². The summed E-state index contributed by atoms with van der Waals surface area (Å²) in [6, 6.07) is 10.8. The number of pyridine rings is 1. The Bertz CT molecular complexity index is 1800. The number of fused-ring (bicyclic) bond motifs is 4. The molecule has 5 atom stereocenters. The number of nitrogens with one attached hydrogen (secondary N) is 2. The average molecular weight is 645 g/mol. The number of hydrogen-bond acceptors (Lipinski definition) is 9. The highest BCUT2D eigenvalue weighted by Crippen LogP contribution is 2.39. The molecule has 1 amide bonds. The lowest BCUT2D eigenvalue weighted by atomic mass is 9.85. The number of hydrogen-bond donors (Lipinski definition) is 2. The standard InChI is InChI=1S/C35H41FN6O5/c1-19-10-23(11-20(2)47-19)25-12-21-13-27(32(25)36)38-31-15-28(41(3)16-22-6-7-24(44-4)14-30(22)45-5)33-34(40-31)42(18-37-33)35(43)39-26-8-9-29(26)46-17-21/h6-7,12-15,18-20,23,26,29H,8-11,16-17H2,1-5H3,(H,38,40)(H,39,43)/t19-,20+,23?,26-,29-/m1/s1. The molecule has 11 nitrogen and oxygen atoms in total. The Morgan fingerprint density at radius 3 is 2.62 bits per heavy atom. The van der Waals surface area contributed by atoms with Gasteiger partial charge in [0.15, 0.2) is 5.65 Å². The van der Waals surface area contributed by atoms with Crippen LogP contribution in [0.3, 0.4) is 0 Å². The van der Waals surface area contributed by atoms with Crippen molar-refractivity contribution in [1.29, 1.82) is 0 Å². The molecule has 3 aliphatic rings. The minimum Gasteiger partial charge on any atom is -0.497 e. The summed E-state index contributed by atoms with van der Waals surface area (Å²) in [5.41, 5.74) is 4.35. The van der Waals surface area contributed by atoms with E-state index in [-0.39, 0.29) is 42.1 Å². The van der Waals surface area contributed by atoms with Gasteiger partial charge in [0, 0.05) is 31.3 Å². The molecule has 4 bridgehead atoms. The second-order valence-electron chi connectivity index (χ2n) is 12.9. The lowest BCUT2D eigenvalue weighted by molar-refractivity contribution is -0.0386. The summed E-state index contributed by atoms with van der Waals surface area (Å²) in [6.45, 7) is 4.84. The summed E-state index contributed by atoms with van der Waals surface area (Å²) >= 11 is 0. The molecule has 2 N–H and O–H groups in total. The number of anilines is 3. The van der Waals surface area contributed by atoms with Gasteiger partial charge in [0.2, 0.25) is 0 Å². The molecular weight excluding hydrogens is 603 g/mol. The van der Waals surface area contributed by atoms with E-state index in [0.717, 1.165) is 36.8 Å². The van der Waals surface area contributed by atoms with Gasteiger partial charge in [-0.25, -0.2) is 23.7 Å². The first-order valence-corrected chi connectivity index (χ1v) is 16.2. The van der Waals surface area contributed by atoms with E-state index in [1.54, 1.807) is 20.3 Å². The first kappa shape index (κ1) is 31.2. The van der Waals surface area contributed by atoms with E-state index < -0.39 is 0 Å². The predicted octanol–water partition coefficient (Wildman–Crippen LogP) is 6.26. The van der Waals surface area contributed by atoms with Crippen LogP contribution >= 0.6 is 0 Å². The van der Waals surface area contributed by atoms with Crippen molar-refractivity contribution in [2.24, 2.45) is 0 Å². The maximum Gasteiger partial charge on any atom is 0.328 e. The zero-order valence-corrected chi connectivity index (χ0v) is 27.4. The molecule has 1 aliphatic carbocycles. The van der Waals surface area contributed by atoms with Gasteiger partial charge in [-0.05, 0) is 74.8 Å².